The number of amides is 2. The maximum atomic E-state index is 13.6. The van der Waals surface area contributed by atoms with E-state index >= 15 is 0 Å². The number of anilines is 2. The highest BCUT2D eigenvalue weighted by Gasteiger charge is 2.60. The molecule has 0 saturated carbocycles. The third kappa shape index (κ3) is 3.21. The molecule has 7 heteroatoms. The first-order valence-corrected chi connectivity index (χ1v) is 10.6. The molecule has 0 bridgehead atoms. The Bertz CT molecular complexity index is 1170. The summed E-state index contributed by atoms with van der Waals surface area (Å²) in [5, 5.41) is 2.75. The summed E-state index contributed by atoms with van der Waals surface area (Å²) in [4.78, 5) is 34.3. The van der Waals surface area contributed by atoms with Crippen LogP contribution in [0.25, 0.3) is 0 Å². The number of hydroxylamine groups is 1. The molecule has 3 atom stereocenters. The van der Waals surface area contributed by atoms with Gasteiger partial charge in [0, 0.05) is 10.0 Å². The zero-order valence-electron chi connectivity index (χ0n) is 16.5. The van der Waals surface area contributed by atoms with Crippen LogP contribution in [0.3, 0.4) is 0 Å². The summed E-state index contributed by atoms with van der Waals surface area (Å²) in [6.45, 7) is 1.79. The fourth-order valence-electron chi connectivity index (χ4n) is 4.29. The predicted molar refractivity (Wildman–Crippen MR) is 120 cm³/mol. The quantitative estimate of drug-likeness (QED) is 0.502. The van der Waals surface area contributed by atoms with Gasteiger partial charge in [0.15, 0.2) is 6.10 Å². The minimum Gasteiger partial charge on any atom is -0.273 e. The number of fused-ring (bicyclic) bond motifs is 1. The molecule has 0 unspecified atom stereocenters. The van der Waals surface area contributed by atoms with Crippen molar-refractivity contribution >= 4 is 46.4 Å². The lowest BCUT2D eigenvalue weighted by Gasteiger charge is -2.29. The number of imide groups is 1. The highest BCUT2D eigenvalue weighted by Crippen LogP contribution is 2.48. The van der Waals surface area contributed by atoms with Crippen LogP contribution < -0.4 is 9.96 Å². The average molecular weight is 453 g/mol. The van der Waals surface area contributed by atoms with Crippen LogP contribution in [0.15, 0.2) is 72.8 Å². The van der Waals surface area contributed by atoms with Gasteiger partial charge in [-0.25, -0.2) is 9.96 Å². The van der Waals surface area contributed by atoms with Gasteiger partial charge in [-0.3, -0.25) is 14.4 Å². The zero-order valence-corrected chi connectivity index (χ0v) is 18.0. The van der Waals surface area contributed by atoms with E-state index in [1.54, 1.807) is 42.3 Å². The smallest absolute Gasteiger partial charge is 0.266 e. The molecule has 2 aliphatic rings. The lowest BCUT2D eigenvalue weighted by Crippen LogP contribution is -2.37. The number of para-hydroxylation sites is 1. The Balaban J connectivity index is 1.60. The first-order chi connectivity index (χ1) is 15.0. The van der Waals surface area contributed by atoms with Crippen LogP contribution in [-0.4, -0.2) is 17.9 Å². The molecule has 5 rings (SSSR count). The molecular weight excluding hydrogens is 435 g/mol. The van der Waals surface area contributed by atoms with Crippen LogP contribution >= 0.6 is 23.2 Å². The van der Waals surface area contributed by atoms with E-state index in [0.29, 0.717) is 21.3 Å². The Morgan fingerprint density at radius 2 is 1.55 bits per heavy atom. The van der Waals surface area contributed by atoms with Crippen molar-refractivity contribution in [2.75, 3.05) is 9.96 Å². The van der Waals surface area contributed by atoms with Gasteiger partial charge >= 0.3 is 0 Å². The first kappa shape index (κ1) is 20.1. The van der Waals surface area contributed by atoms with Gasteiger partial charge in [-0.15, -0.1) is 0 Å². The third-order valence-corrected chi connectivity index (χ3v) is 6.48. The standard InChI is InChI=1S/C24H18Cl2N2O3/c1-14-18(26)8-5-9-19(14)27-23(29)20-21(15-10-12-16(25)13-11-15)28(31-22(20)24(27)30)17-6-3-2-4-7-17/h2-13,20-22H,1H3/t20-,21-,22-/m0/s1. The normalized spacial score (nSPS) is 22.9. The Hall–Kier alpha value is -2.86. The summed E-state index contributed by atoms with van der Waals surface area (Å²) in [6, 6.07) is 21.4. The summed E-state index contributed by atoms with van der Waals surface area (Å²) in [5.41, 5.74) is 2.77. The molecular formula is C24H18Cl2N2O3. The first-order valence-electron chi connectivity index (χ1n) is 9.87. The van der Waals surface area contributed by atoms with E-state index in [-0.39, 0.29) is 5.91 Å². The fraction of sp³-hybridized carbons (Fsp3) is 0.167. The molecule has 3 aromatic rings. The van der Waals surface area contributed by atoms with E-state index in [2.05, 4.69) is 0 Å². The maximum absolute atomic E-state index is 13.6. The van der Waals surface area contributed by atoms with Gasteiger partial charge in [-0.05, 0) is 54.4 Å². The van der Waals surface area contributed by atoms with E-state index in [1.807, 2.05) is 42.5 Å². The van der Waals surface area contributed by atoms with Gasteiger partial charge in [0.25, 0.3) is 5.91 Å². The van der Waals surface area contributed by atoms with Crippen LogP contribution in [0.5, 0.6) is 0 Å². The third-order valence-electron chi connectivity index (χ3n) is 5.82. The Morgan fingerprint density at radius 3 is 2.26 bits per heavy atom. The molecule has 0 aromatic heterocycles. The number of nitrogens with zero attached hydrogens (tertiary/aromatic N) is 2. The molecule has 2 saturated heterocycles. The van der Waals surface area contributed by atoms with Crippen molar-refractivity contribution in [3.8, 4) is 0 Å². The second-order valence-electron chi connectivity index (χ2n) is 7.61. The monoisotopic (exact) mass is 452 g/mol. The van der Waals surface area contributed by atoms with E-state index in [0.717, 1.165) is 11.3 Å². The Labute approximate surface area is 189 Å². The zero-order chi connectivity index (χ0) is 21.7. The SMILES string of the molecule is Cc1c(Cl)cccc1N1C(=O)[C@@H]2[C@H](ON(c3ccccc3)[C@H]2c2ccc(Cl)cc2)C1=O. The van der Waals surface area contributed by atoms with Crippen molar-refractivity contribution in [2.24, 2.45) is 5.92 Å². The van der Waals surface area contributed by atoms with Gasteiger partial charge in [-0.2, -0.15) is 0 Å². The summed E-state index contributed by atoms with van der Waals surface area (Å²) in [7, 11) is 0. The molecule has 156 valence electrons. The topological polar surface area (TPSA) is 49.9 Å². The average Bonchev–Trinajstić information content (AvgIpc) is 3.28. The van der Waals surface area contributed by atoms with Crippen molar-refractivity contribution in [3.63, 3.8) is 0 Å². The van der Waals surface area contributed by atoms with Crippen LogP contribution in [0, 0.1) is 12.8 Å². The number of hydrogen-bond acceptors (Lipinski definition) is 4. The molecule has 0 N–H and O–H groups in total. The summed E-state index contributed by atoms with van der Waals surface area (Å²) >= 11 is 12.3. The minimum absolute atomic E-state index is 0.307. The lowest BCUT2D eigenvalue weighted by molar-refractivity contribution is -0.126. The van der Waals surface area contributed by atoms with Gasteiger partial charge in [0.2, 0.25) is 5.91 Å². The molecule has 2 amide bonds. The van der Waals surface area contributed by atoms with Crippen molar-refractivity contribution in [1.82, 2.24) is 0 Å². The molecule has 3 aromatic carbocycles. The fourth-order valence-corrected chi connectivity index (χ4v) is 4.58. The van der Waals surface area contributed by atoms with E-state index in [1.165, 1.54) is 4.90 Å². The van der Waals surface area contributed by atoms with Gasteiger partial charge in [-0.1, -0.05) is 59.6 Å². The maximum Gasteiger partial charge on any atom is 0.266 e. The van der Waals surface area contributed by atoms with Crippen molar-refractivity contribution in [3.05, 3.63) is 94.0 Å². The van der Waals surface area contributed by atoms with Crippen molar-refractivity contribution < 1.29 is 14.4 Å². The molecule has 0 spiro atoms. The molecule has 2 aliphatic heterocycles. The summed E-state index contributed by atoms with van der Waals surface area (Å²) < 4.78 is 0. The van der Waals surface area contributed by atoms with Crippen LogP contribution in [0.2, 0.25) is 10.0 Å². The number of carbonyl (C=O) groups excluding carboxylic acids is 2. The largest absolute Gasteiger partial charge is 0.273 e. The summed E-state index contributed by atoms with van der Waals surface area (Å²) in [6.07, 6.45) is -0.924. The number of hydrogen-bond donors (Lipinski definition) is 0. The van der Waals surface area contributed by atoms with Gasteiger partial charge < -0.3 is 0 Å². The molecule has 0 radical (unpaired) electrons. The molecule has 5 nitrogen and oxygen atoms in total. The van der Waals surface area contributed by atoms with Gasteiger partial charge in [0.05, 0.1) is 17.4 Å². The minimum atomic E-state index is -0.924. The summed E-state index contributed by atoms with van der Waals surface area (Å²) in [5.74, 6) is -1.40. The highest BCUT2D eigenvalue weighted by atomic mass is 35.5. The number of carbonyl (C=O) groups is 2. The van der Waals surface area contributed by atoms with Crippen molar-refractivity contribution in [1.29, 1.82) is 0 Å². The van der Waals surface area contributed by atoms with E-state index < -0.39 is 24.0 Å². The van der Waals surface area contributed by atoms with Crippen LogP contribution in [0.4, 0.5) is 11.4 Å². The number of rotatable bonds is 3. The van der Waals surface area contributed by atoms with Gasteiger partial charge in [0.1, 0.15) is 5.92 Å². The second kappa shape index (κ2) is 7.68. The lowest BCUT2D eigenvalue weighted by atomic mass is 9.90. The molecule has 0 aliphatic carbocycles. The molecule has 2 fully saturated rings. The van der Waals surface area contributed by atoms with E-state index in [4.69, 9.17) is 28.0 Å². The molecule has 2 heterocycles. The van der Waals surface area contributed by atoms with E-state index in [9.17, 15) is 9.59 Å². The second-order valence-corrected chi connectivity index (χ2v) is 8.45. The van der Waals surface area contributed by atoms with Crippen LogP contribution in [-0.2, 0) is 14.4 Å². The predicted octanol–water partition coefficient (Wildman–Crippen LogP) is 5.35. The number of benzene rings is 3. The number of halogens is 2. The Morgan fingerprint density at radius 1 is 0.839 bits per heavy atom. The van der Waals surface area contributed by atoms with Crippen LogP contribution in [0.1, 0.15) is 17.2 Å². The molecule has 31 heavy (non-hydrogen) atoms. The van der Waals surface area contributed by atoms with Crippen molar-refractivity contribution in [2.45, 2.75) is 19.1 Å². The highest BCUT2D eigenvalue weighted by molar-refractivity contribution is 6.32. The Kier molecular flexibility index (Phi) is 4.97.